The molecule has 7 heteroatoms. The van der Waals surface area contributed by atoms with Crippen molar-refractivity contribution in [2.75, 3.05) is 5.75 Å². The third kappa shape index (κ3) is 4.20. The van der Waals surface area contributed by atoms with E-state index in [1.807, 2.05) is 0 Å². The van der Waals surface area contributed by atoms with Gasteiger partial charge in [-0.2, -0.15) is 13.2 Å². The molecule has 94 valence electrons. The molecule has 0 bridgehead atoms. The predicted octanol–water partition coefficient (Wildman–Crippen LogP) is 4.17. The summed E-state index contributed by atoms with van der Waals surface area (Å²) in [5.41, 5.74) is -0.0830. The van der Waals surface area contributed by atoms with Gasteiger partial charge in [0.05, 0.1) is 11.3 Å². The Kier molecular flexibility index (Phi) is 4.43. The molecule has 0 N–H and O–H groups in total. The van der Waals surface area contributed by atoms with Crippen molar-refractivity contribution in [3.63, 3.8) is 0 Å². The zero-order valence-electron chi connectivity index (χ0n) is 8.57. The molecule has 0 heterocycles. The fourth-order valence-electron chi connectivity index (χ4n) is 1.12. The van der Waals surface area contributed by atoms with Gasteiger partial charge < -0.3 is 0 Å². The number of hydrogen-bond donors (Lipinski definition) is 0. The third-order valence-electron chi connectivity index (χ3n) is 1.87. The largest absolute Gasteiger partial charge is 0.398 e. The van der Waals surface area contributed by atoms with Gasteiger partial charge in [-0.15, -0.1) is 11.8 Å². The van der Waals surface area contributed by atoms with Crippen molar-refractivity contribution in [1.29, 1.82) is 0 Å². The van der Waals surface area contributed by atoms with Crippen LogP contribution in [-0.2, 0) is 0 Å². The first-order valence-electron chi connectivity index (χ1n) is 4.40. The molecule has 0 saturated heterocycles. The summed E-state index contributed by atoms with van der Waals surface area (Å²) in [5.74, 6) is -1.94. The van der Waals surface area contributed by atoms with Crippen LogP contribution in [0.25, 0.3) is 0 Å². The average molecular weight is 287 g/mol. The van der Waals surface area contributed by atoms with Gasteiger partial charge >= 0.3 is 6.18 Å². The topological polar surface area (TPSA) is 17.1 Å². The van der Waals surface area contributed by atoms with Gasteiger partial charge in [-0.3, -0.25) is 4.79 Å². The number of halogens is 5. The predicted molar refractivity (Wildman–Crippen MR) is 58.1 cm³/mol. The lowest BCUT2D eigenvalue weighted by atomic mass is 10.1. The second-order valence-electron chi connectivity index (χ2n) is 3.28. The van der Waals surface area contributed by atoms with Crippen LogP contribution in [-0.4, -0.2) is 17.2 Å². The molecule has 1 aromatic carbocycles. The van der Waals surface area contributed by atoms with Gasteiger partial charge in [0.2, 0.25) is 0 Å². The van der Waals surface area contributed by atoms with Crippen LogP contribution in [0.5, 0.6) is 0 Å². The molecule has 0 atom stereocenters. The van der Waals surface area contributed by atoms with E-state index in [0.29, 0.717) is 17.3 Å². The number of alkyl halides is 3. The highest BCUT2D eigenvalue weighted by atomic mass is 35.5. The zero-order valence-corrected chi connectivity index (χ0v) is 10.1. The summed E-state index contributed by atoms with van der Waals surface area (Å²) in [6.45, 7) is 1.46. The fourth-order valence-corrected chi connectivity index (χ4v) is 2.07. The molecule has 0 aromatic heterocycles. The number of carbonyl (C=O) groups is 1. The van der Waals surface area contributed by atoms with Crippen molar-refractivity contribution in [2.24, 2.45) is 0 Å². The van der Waals surface area contributed by atoms with Crippen molar-refractivity contribution in [2.45, 2.75) is 18.0 Å². The van der Waals surface area contributed by atoms with Crippen molar-refractivity contribution < 1.29 is 22.4 Å². The van der Waals surface area contributed by atoms with Crippen molar-refractivity contribution in [3.8, 4) is 0 Å². The minimum absolute atomic E-state index is 0.188. The van der Waals surface area contributed by atoms with Crippen LogP contribution in [0.4, 0.5) is 17.6 Å². The number of rotatable bonds is 3. The van der Waals surface area contributed by atoms with E-state index in [2.05, 4.69) is 0 Å². The Balaban J connectivity index is 3.00. The lowest BCUT2D eigenvalue weighted by Gasteiger charge is -2.09. The number of benzene rings is 1. The highest BCUT2D eigenvalue weighted by Crippen LogP contribution is 2.31. The molecule has 0 spiro atoms. The zero-order chi connectivity index (χ0) is 13.2. The maximum atomic E-state index is 13.2. The number of hydrogen-bond acceptors (Lipinski definition) is 2. The van der Waals surface area contributed by atoms with Gasteiger partial charge in [0.25, 0.3) is 5.24 Å². The van der Waals surface area contributed by atoms with Gasteiger partial charge in [0.1, 0.15) is 5.82 Å². The van der Waals surface area contributed by atoms with Crippen molar-refractivity contribution in [1.82, 2.24) is 0 Å². The minimum atomic E-state index is -4.32. The summed E-state index contributed by atoms with van der Waals surface area (Å²) < 4.78 is 49.3. The van der Waals surface area contributed by atoms with Crippen LogP contribution in [0.15, 0.2) is 17.0 Å². The Hall–Kier alpha value is -0.750. The molecular formula is C10H7ClF4OS. The van der Waals surface area contributed by atoms with E-state index in [4.69, 9.17) is 11.6 Å². The smallest absolute Gasteiger partial charge is 0.275 e. The molecule has 1 rings (SSSR count). The Morgan fingerprint density at radius 2 is 2.00 bits per heavy atom. The molecule has 1 aromatic rings. The Labute approximate surface area is 104 Å². The van der Waals surface area contributed by atoms with Crippen LogP contribution in [0, 0.1) is 12.7 Å². The molecular weight excluding hydrogens is 280 g/mol. The maximum absolute atomic E-state index is 13.2. The first kappa shape index (κ1) is 14.3. The summed E-state index contributed by atoms with van der Waals surface area (Å²) in [6.07, 6.45) is -4.32. The molecule has 0 radical (unpaired) electrons. The Bertz CT molecular complexity index is 445. The second kappa shape index (κ2) is 5.27. The highest BCUT2D eigenvalue weighted by Gasteiger charge is 2.27. The third-order valence-corrected chi connectivity index (χ3v) is 3.29. The van der Waals surface area contributed by atoms with Crippen LogP contribution in [0.2, 0.25) is 0 Å². The molecule has 0 amide bonds. The van der Waals surface area contributed by atoms with E-state index in [-0.39, 0.29) is 4.90 Å². The molecule has 17 heavy (non-hydrogen) atoms. The van der Waals surface area contributed by atoms with Gasteiger partial charge in [0, 0.05) is 4.90 Å². The fraction of sp³-hybridized carbons (Fsp3) is 0.300. The van der Waals surface area contributed by atoms with E-state index in [0.717, 1.165) is 12.1 Å². The SMILES string of the molecule is Cc1cc(F)c(C(=O)Cl)cc1SCC(F)(F)F. The summed E-state index contributed by atoms with van der Waals surface area (Å²) >= 11 is 5.60. The van der Waals surface area contributed by atoms with Gasteiger partial charge in [-0.1, -0.05) is 0 Å². The second-order valence-corrected chi connectivity index (χ2v) is 4.64. The lowest BCUT2D eigenvalue weighted by Crippen LogP contribution is -2.11. The van der Waals surface area contributed by atoms with Gasteiger partial charge in [0.15, 0.2) is 0 Å². The molecule has 0 saturated carbocycles. The molecule has 0 fully saturated rings. The molecule has 0 aliphatic carbocycles. The van der Waals surface area contributed by atoms with Crippen LogP contribution < -0.4 is 0 Å². The van der Waals surface area contributed by atoms with Crippen LogP contribution in [0.1, 0.15) is 15.9 Å². The molecule has 0 aliphatic rings. The first-order chi connectivity index (χ1) is 7.70. The van der Waals surface area contributed by atoms with E-state index in [9.17, 15) is 22.4 Å². The van der Waals surface area contributed by atoms with Crippen LogP contribution in [0.3, 0.4) is 0 Å². The quantitative estimate of drug-likeness (QED) is 0.471. The summed E-state index contributed by atoms with van der Waals surface area (Å²) in [4.78, 5) is 11.0. The van der Waals surface area contributed by atoms with Crippen molar-refractivity contribution >= 4 is 28.6 Å². The number of carbonyl (C=O) groups excluding carboxylic acids is 1. The monoisotopic (exact) mass is 286 g/mol. The Morgan fingerprint density at radius 1 is 1.41 bits per heavy atom. The van der Waals surface area contributed by atoms with E-state index >= 15 is 0 Å². The first-order valence-corrected chi connectivity index (χ1v) is 5.76. The van der Waals surface area contributed by atoms with Crippen LogP contribution >= 0.6 is 23.4 Å². The Morgan fingerprint density at radius 3 is 2.47 bits per heavy atom. The molecule has 0 aliphatic heterocycles. The summed E-state index contributed by atoms with van der Waals surface area (Å²) in [5, 5.41) is -1.03. The normalized spacial score (nSPS) is 11.6. The van der Waals surface area contributed by atoms with E-state index in [1.165, 1.54) is 6.92 Å². The lowest BCUT2D eigenvalue weighted by molar-refractivity contribution is -0.105. The maximum Gasteiger partial charge on any atom is 0.398 e. The van der Waals surface area contributed by atoms with Crippen molar-refractivity contribution in [3.05, 3.63) is 29.1 Å². The number of aryl methyl sites for hydroxylation is 1. The number of thioether (sulfide) groups is 1. The van der Waals surface area contributed by atoms with E-state index < -0.39 is 28.6 Å². The summed E-state index contributed by atoms with van der Waals surface area (Å²) in [6, 6.07) is 2.03. The molecule has 1 nitrogen and oxygen atoms in total. The average Bonchev–Trinajstić information content (AvgIpc) is 2.14. The molecule has 0 unspecified atom stereocenters. The highest BCUT2D eigenvalue weighted by molar-refractivity contribution is 7.99. The van der Waals surface area contributed by atoms with Gasteiger partial charge in [-0.05, 0) is 36.2 Å². The minimum Gasteiger partial charge on any atom is -0.275 e. The summed E-state index contributed by atoms with van der Waals surface area (Å²) in [7, 11) is 0. The van der Waals surface area contributed by atoms with Gasteiger partial charge in [-0.25, -0.2) is 4.39 Å². The standard InChI is InChI=1S/C10H7ClF4OS/c1-5-2-7(12)6(9(11)16)3-8(5)17-4-10(13,14)15/h2-3H,4H2,1H3. The van der Waals surface area contributed by atoms with E-state index in [1.54, 1.807) is 0 Å².